The van der Waals surface area contributed by atoms with E-state index in [9.17, 15) is 23.1 Å². The molecule has 0 aromatic carbocycles. The number of alkyl halides is 3. The molecular formula is C12H18F3N5O2. The largest absolute Gasteiger partial charge is 0.412 e. The third kappa shape index (κ3) is 3.67. The van der Waals surface area contributed by atoms with E-state index in [1.807, 2.05) is 0 Å². The minimum Gasteiger partial charge on any atom is -0.391 e. The first-order valence-electron chi connectivity index (χ1n) is 6.94. The fourth-order valence-electron chi connectivity index (χ4n) is 2.57. The number of aliphatic hydroxyl groups is 1. The smallest absolute Gasteiger partial charge is 0.391 e. The summed E-state index contributed by atoms with van der Waals surface area (Å²) in [7, 11) is 0. The van der Waals surface area contributed by atoms with E-state index in [-0.39, 0.29) is 6.04 Å². The summed E-state index contributed by atoms with van der Waals surface area (Å²) in [6.07, 6.45) is -1.97. The molecule has 1 aliphatic heterocycles. The average Bonchev–Trinajstić information content (AvgIpc) is 3.08. The molecule has 0 radical (unpaired) electrons. The Morgan fingerprint density at radius 3 is 2.82 bits per heavy atom. The SMILES string of the molecule is CC(O)[C@H]1CCCN1C(=O)NCC(n1cncn1)C(F)(F)F. The van der Waals surface area contributed by atoms with E-state index in [0.29, 0.717) is 17.6 Å². The van der Waals surface area contributed by atoms with Crippen LogP contribution in [0.1, 0.15) is 25.8 Å². The van der Waals surface area contributed by atoms with Gasteiger partial charge in [0.1, 0.15) is 12.7 Å². The molecule has 0 aliphatic carbocycles. The van der Waals surface area contributed by atoms with Crippen molar-refractivity contribution in [3.63, 3.8) is 0 Å². The molecule has 2 amide bonds. The molecular weight excluding hydrogens is 303 g/mol. The predicted octanol–water partition coefficient (Wildman–Crippen LogP) is 0.936. The van der Waals surface area contributed by atoms with Crippen LogP contribution in [-0.2, 0) is 0 Å². The first-order valence-corrected chi connectivity index (χ1v) is 6.94. The third-order valence-electron chi connectivity index (χ3n) is 3.70. The minimum atomic E-state index is -4.56. The molecule has 3 atom stereocenters. The summed E-state index contributed by atoms with van der Waals surface area (Å²) in [5.74, 6) is 0. The molecule has 1 fully saturated rings. The number of aliphatic hydroxyl groups excluding tert-OH is 1. The molecule has 1 aromatic heterocycles. The van der Waals surface area contributed by atoms with Crippen molar-refractivity contribution >= 4 is 6.03 Å². The Bertz CT molecular complexity index is 491. The number of carbonyl (C=O) groups is 1. The van der Waals surface area contributed by atoms with Gasteiger partial charge in [-0.3, -0.25) is 0 Å². The fourth-order valence-corrected chi connectivity index (χ4v) is 2.57. The van der Waals surface area contributed by atoms with Gasteiger partial charge in [-0.15, -0.1) is 0 Å². The Balaban J connectivity index is 1.99. The molecule has 124 valence electrons. The molecule has 0 spiro atoms. The molecule has 1 aliphatic rings. The quantitative estimate of drug-likeness (QED) is 0.864. The summed E-state index contributed by atoms with van der Waals surface area (Å²) in [5, 5.41) is 15.4. The molecule has 1 saturated heterocycles. The summed E-state index contributed by atoms with van der Waals surface area (Å²) >= 11 is 0. The lowest BCUT2D eigenvalue weighted by Crippen LogP contribution is -2.49. The molecule has 0 bridgehead atoms. The topological polar surface area (TPSA) is 83.3 Å². The summed E-state index contributed by atoms with van der Waals surface area (Å²) in [6, 6.07) is -2.96. The maximum absolute atomic E-state index is 13.0. The van der Waals surface area contributed by atoms with Gasteiger partial charge in [-0.05, 0) is 19.8 Å². The van der Waals surface area contributed by atoms with Gasteiger partial charge in [0.15, 0.2) is 6.04 Å². The number of hydrogen-bond donors (Lipinski definition) is 2. The monoisotopic (exact) mass is 321 g/mol. The van der Waals surface area contributed by atoms with Crippen molar-refractivity contribution in [2.24, 2.45) is 0 Å². The third-order valence-corrected chi connectivity index (χ3v) is 3.70. The van der Waals surface area contributed by atoms with Crippen molar-refractivity contribution in [3.8, 4) is 0 Å². The van der Waals surface area contributed by atoms with Crippen LogP contribution in [0.25, 0.3) is 0 Å². The lowest BCUT2D eigenvalue weighted by molar-refractivity contribution is -0.168. The van der Waals surface area contributed by atoms with E-state index < -0.39 is 30.9 Å². The fraction of sp³-hybridized carbons (Fsp3) is 0.750. The molecule has 7 nitrogen and oxygen atoms in total. The lowest BCUT2D eigenvalue weighted by atomic mass is 10.1. The zero-order valence-corrected chi connectivity index (χ0v) is 12.0. The van der Waals surface area contributed by atoms with Crippen molar-refractivity contribution in [2.45, 2.75) is 44.1 Å². The molecule has 0 saturated carbocycles. The van der Waals surface area contributed by atoms with Crippen LogP contribution in [0.2, 0.25) is 0 Å². The first-order chi connectivity index (χ1) is 10.3. The van der Waals surface area contributed by atoms with Crippen LogP contribution in [-0.4, -0.2) is 62.2 Å². The van der Waals surface area contributed by atoms with Crippen LogP contribution in [0.5, 0.6) is 0 Å². The first kappa shape index (κ1) is 16.5. The average molecular weight is 321 g/mol. The van der Waals surface area contributed by atoms with Gasteiger partial charge >= 0.3 is 12.2 Å². The van der Waals surface area contributed by atoms with Crippen molar-refractivity contribution in [3.05, 3.63) is 12.7 Å². The number of aromatic nitrogens is 3. The Labute approximate surface area is 125 Å². The number of halogens is 3. The number of hydrogen-bond acceptors (Lipinski definition) is 4. The second kappa shape index (κ2) is 6.51. The van der Waals surface area contributed by atoms with Gasteiger partial charge in [-0.1, -0.05) is 0 Å². The summed E-state index contributed by atoms with van der Waals surface area (Å²) in [6.45, 7) is 1.33. The number of carbonyl (C=O) groups excluding carboxylic acids is 1. The van der Waals surface area contributed by atoms with Gasteiger partial charge in [-0.2, -0.15) is 18.3 Å². The van der Waals surface area contributed by atoms with Crippen LogP contribution in [0.15, 0.2) is 12.7 Å². The molecule has 22 heavy (non-hydrogen) atoms. The maximum Gasteiger partial charge on any atom is 0.412 e. The van der Waals surface area contributed by atoms with Gasteiger partial charge in [0.05, 0.1) is 18.7 Å². The zero-order valence-electron chi connectivity index (χ0n) is 12.0. The second-order valence-corrected chi connectivity index (χ2v) is 5.26. The highest BCUT2D eigenvalue weighted by Crippen LogP contribution is 2.29. The predicted molar refractivity (Wildman–Crippen MR) is 69.9 cm³/mol. The van der Waals surface area contributed by atoms with Crippen molar-refractivity contribution in [2.75, 3.05) is 13.1 Å². The van der Waals surface area contributed by atoms with Crippen molar-refractivity contribution < 1.29 is 23.1 Å². The minimum absolute atomic E-state index is 0.365. The van der Waals surface area contributed by atoms with Crippen molar-refractivity contribution in [1.29, 1.82) is 0 Å². The summed E-state index contributed by atoms with van der Waals surface area (Å²) in [4.78, 5) is 16.9. The number of urea groups is 1. The highest BCUT2D eigenvalue weighted by Gasteiger charge is 2.42. The van der Waals surface area contributed by atoms with Crippen LogP contribution in [0.3, 0.4) is 0 Å². The Hall–Kier alpha value is -1.84. The Kier molecular flexibility index (Phi) is 4.89. The second-order valence-electron chi connectivity index (χ2n) is 5.26. The molecule has 2 rings (SSSR count). The van der Waals surface area contributed by atoms with E-state index in [0.717, 1.165) is 19.1 Å². The highest BCUT2D eigenvalue weighted by molar-refractivity contribution is 5.75. The zero-order chi connectivity index (χ0) is 16.3. The molecule has 2 unspecified atom stereocenters. The van der Waals surface area contributed by atoms with Crippen LogP contribution in [0.4, 0.5) is 18.0 Å². The normalized spacial score (nSPS) is 21.7. The summed E-state index contributed by atoms with van der Waals surface area (Å²) < 4.78 is 39.7. The molecule has 10 heteroatoms. The molecule has 1 aromatic rings. The molecule has 2 heterocycles. The molecule has 2 N–H and O–H groups in total. The summed E-state index contributed by atoms with van der Waals surface area (Å²) in [5.41, 5.74) is 0. The standard InChI is InChI=1S/C12H18F3N5O2/c1-8(21)9-3-2-4-19(9)11(22)17-5-10(12(13,14)15)20-7-16-6-18-20/h6-10,21H,2-5H2,1H3,(H,17,22)/t8?,9-,10?/m1/s1. The Morgan fingerprint density at radius 1 is 1.55 bits per heavy atom. The van der Waals surface area contributed by atoms with Gasteiger partial charge in [0.25, 0.3) is 0 Å². The van der Waals surface area contributed by atoms with E-state index in [2.05, 4.69) is 15.4 Å². The van der Waals surface area contributed by atoms with Gasteiger partial charge in [-0.25, -0.2) is 14.5 Å². The van der Waals surface area contributed by atoms with Crippen LogP contribution in [0, 0.1) is 0 Å². The van der Waals surface area contributed by atoms with E-state index >= 15 is 0 Å². The van der Waals surface area contributed by atoms with E-state index in [1.165, 1.54) is 4.90 Å². The van der Waals surface area contributed by atoms with E-state index in [4.69, 9.17) is 0 Å². The number of nitrogens with one attached hydrogen (secondary N) is 1. The number of nitrogens with zero attached hydrogens (tertiary/aromatic N) is 4. The number of likely N-dealkylation sites (tertiary alicyclic amines) is 1. The van der Waals surface area contributed by atoms with E-state index in [1.54, 1.807) is 6.92 Å². The van der Waals surface area contributed by atoms with Crippen LogP contribution < -0.4 is 5.32 Å². The lowest BCUT2D eigenvalue weighted by Gasteiger charge is -2.28. The number of rotatable bonds is 4. The maximum atomic E-state index is 13.0. The van der Waals surface area contributed by atoms with Gasteiger partial charge in [0.2, 0.25) is 0 Å². The van der Waals surface area contributed by atoms with Gasteiger partial charge in [0, 0.05) is 6.54 Å². The Morgan fingerprint density at radius 2 is 2.27 bits per heavy atom. The highest BCUT2D eigenvalue weighted by atomic mass is 19.4. The number of amides is 2. The van der Waals surface area contributed by atoms with Crippen molar-refractivity contribution in [1.82, 2.24) is 25.0 Å². The van der Waals surface area contributed by atoms with Crippen LogP contribution >= 0.6 is 0 Å². The van der Waals surface area contributed by atoms with Gasteiger partial charge < -0.3 is 15.3 Å².